The van der Waals surface area contributed by atoms with E-state index >= 15 is 0 Å². The van der Waals surface area contributed by atoms with Gasteiger partial charge in [-0.15, -0.1) is 0 Å². The van der Waals surface area contributed by atoms with Crippen LogP contribution in [0.4, 0.5) is 5.69 Å². The van der Waals surface area contributed by atoms with Crippen molar-refractivity contribution in [1.82, 2.24) is 0 Å². The van der Waals surface area contributed by atoms with E-state index < -0.39 is 5.97 Å². The quantitative estimate of drug-likeness (QED) is 0.452. The molecule has 1 aliphatic rings. The summed E-state index contributed by atoms with van der Waals surface area (Å²) in [6, 6.07) is 17.6. The minimum atomic E-state index is -0.979. The molecule has 29 heavy (non-hydrogen) atoms. The Bertz CT molecular complexity index is 1160. The zero-order valence-corrected chi connectivity index (χ0v) is 16.9. The Hall–Kier alpha value is -3.16. The molecular formula is C22H15NO4S2. The van der Waals surface area contributed by atoms with E-state index in [1.54, 1.807) is 30.3 Å². The lowest BCUT2D eigenvalue weighted by atomic mass is 10.1. The average Bonchev–Trinajstić information content (AvgIpc) is 3.27. The molecule has 4 rings (SSSR count). The summed E-state index contributed by atoms with van der Waals surface area (Å²) < 4.78 is 6.31. The summed E-state index contributed by atoms with van der Waals surface area (Å²) in [7, 11) is 0. The molecule has 0 radical (unpaired) electrons. The van der Waals surface area contributed by atoms with Crippen molar-refractivity contribution in [2.45, 2.75) is 6.92 Å². The van der Waals surface area contributed by atoms with E-state index in [4.69, 9.17) is 21.7 Å². The summed E-state index contributed by atoms with van der Waals surface area (Å²) in [5, 5.41) is 9.00. The van der Waals surface area contributed by atoms with E-state index in [1.807, 2.05) is 31.2 Å². The van der Waals surface area contributed by atoms with Gasteiger partial charge in [-0.05, 0) is 42.8 Å². The third-order valence-electron chi connectivity index (χ3n) is 4.47. The first-order valence-electron chi connectivity index (χ1n) is 8.71. The van der Waals surface area contributed by atoms with Crippen LogP contribution in [0.2, 0.25) is 0 Å². The van der Waals surface area contributed by atoms with Crippen LogP contribution in [0.1, 0.15) is 21.7 Å². The van der Waals surface area contributed by atoms with Crippen LogP contribution in [0.15, 0.2) is 70.0 Å². The molecule has 0 saturated carbocycles. The number of thiocarbonyl (C=S) groups is 1. The Morgan fingerprint density at radius 1 is 1.10 bits per heavy atom. The second kappa shape index (κ2) is 7.69. The third kappa shape index (κ3) is 3.74. The first kappa shape index (κ1) is 19.2. The Kier molecular flexibility index (Phi) is 5.08. The molecule has 5 nitrogen and oxygen atoms in total. The van der Waals surface area contributed by atoms with Crippen molar-refractivity contribution >= 4 is 51.9 Å². The van der Waals surface area contributed by atoms with Gasteiger partial charge in [0.15, 0.2) is 4.32 Å². The molecule has 0 spiro atoms. The first-order valence-corrected chi connectivity index (χ1v) is 9.93. The number of hydrogen-bond donors (Lipinski definition) is 1. The highest BCUT2D eigenvalue weighted by Gasteiger charge is 2.34. The van der Waals surface area contributed by atoms with Gasteiger partial charge in [0.2, 0.25) is 0 Å². The molecule has 1 N–H and O–H groups in total. The fraction of sp³-hybridized carbons (Fsp3) is 0.0455. The van der Waals surface area contributed by atoms with Crippen LogP contribution in [0.25, 0.3) is 17.4 Å². The molecule has 144 valence electrons. The highest BCUT2D eigenvalue weighted by molar-refractivity contribution is 8.27. The van der Waals surface area contributed by atoms with Crippen LogP contribution < -0.4 is 4.90 Å². The number of carbonyl (C=O) groups excluding carboxylic acids is 1. The van der Waals surface area contributed by atoms with Crippen molar-refractivity contribution in [3.05, 3.63) is 82.5 Å². The number of hydrogen-bond acceptors (Lipinski definition) is 5. The highest BCUT2D eigenvalue weighted by atomic mass is 32.2. The van der Waals surface area contributed by atoms with Gasteiger partial charge in [-0.2, -0.15) is 0 Å². The zero-order chi connectivity index (χ0) is 20.5. The summed E-state index contributed by atoms with van der Waals surface area (Å²) in [6.07, 6.45) is 1.67. The molecule has 0 aliphatic carbocycles. The molecule has 1 amide bonds. The summed E-state index contributed by atoms with van der Waals surface area (Å²) in [5.74, 6) is -0.0550. The number of carboxylic acids is 1. The van der Waals surface area contributed by atoms with Gasteiger partial charge in [-0.25, -0.2) is 4.79 Å². The first-order chi connectivity index (χ1) is 13.9. The van der Waals surface area contributed by atoms with E-state index in [0.29, 0.717) is 20.7 Å². The summed E-state index contributed by atoms with van der Waals surface area (Å²) >= 11 is 6.65. The van der Waals surface area contributed by atoms with Gasteiger partial charge < -0.3 is 9.52 Å². The van der Waals surface area contributed by atoms with Crippen molar-refractivity contribution in [1.29, 1.82) is 0 Å². The number of nitrogens with zero attached hydrogens (tertiary/aromatic N) is 1. The van der Waals surface area contributed by atoms with Crippen molar-refractivity contribution in [2.24, 2.45) is 0 Å². The number of rotatable bonds is 4. The fourth-order valence-electron chi connectivity index (χ4n) is 2.98. The molecule has 0 unspecified atom stereocenters. The van der Waals surface area contributed by atoms with Crippen LogP contribution in [-0.4, -0.2) is 21.3 Å². The van der Waals surface area contributed by atoms with E-state index in [9.17, 15) is 9.59 Å². The predicted molar refractivity (Wildman–Crippen MR) is 118 cm³/mol. The molecule has 2 heterocycles. The maximum atomic E-state index is 12.9. The van der Waals surface area contributed by atoms with Gasteiger partial charge in [0.25, 0.3) is 5.91 Å². The number of furan rings is 1. The maximum Gasteiger partial charge on any atom is 0.335 e. The fourth-order valence-corrected chi connectivity index (χ4v) is 4.25. The van der Waals surface area contributed by atoms with Crippen LogP contribution in [0.5, 0.6) is 0 Å². The summed E-state index contributed by atoms with van der Waals surface area (Å²) in [5.41, 5.74) is 2.70. The molecule has 1 fully saturated rings. The van der Waals surface area contributed by atoms with E-state index in [2.05, 4.69) is 0 Å². The molecular weight excluding hydrogens is 406 g/mol. The van der Waals surface area contributed by atoms with E-state index in [-0.39, 0.29) is 11.5 Å². The molecule has 0 atom stereocenters. The minimum Gasteiger partial charge on any atom is -0.478 e. The molecule has 7 heteroatoms. The second-order valence-corrected chi connectivity index (χ2v) is 8.06. The van der Waals surface area contributed by atoms with Gasteiger partial charge in [-0.3, -0.25) is 9.69 Å². The van der Waals surface area contributed by atoms with Gasteiger partial charge >= 0.3 is 5.97 Å². The number of para-hydroxylation sites is 1. The average molecular weight is 421 g/mol. The molecule has 1 saturated heterocycles. The Balaban J connectivity index is 1.59. The largest absolute Gasteiger partial charge is 0.478 e. The van der Waals surface area contributed by atoms with Crippen LogP contribution in [0, 0.1) is 6.92 Å². The number of amides is 1. The smallest absolute Gasteiger partial charge is 0.335 e. The maximum absolute atomic E-state index is 12.9. The number of carbonyl (C=O) groups is 2. The van der Waals surface area contributed by atoms with Gasteiger partial charge in [-0.1, -0.05) is 54.3 Å². The van der Waals surface area contributed by atoms with Crippen molar-refractivity contribution < 1.29 is 19.1 Å². The number of aryl methyl sites for hydroxylation is 1. The molecule has 0 bridgehead atoms. The molecule has 1 aliphatic heterocycles. The number of carboxylic acid groups (broad SMARTS) is 1. The standard InChI is InChI=1S/C22H15NO4S2/c1-13-4-2-3-5-17(13)23-20(24)19(29-22(23)28)12-16-10-11-18(27-16)14-6-8-15(9-7-14)21(25)26/h2-12H,1H3,(H,25,26). The monoisotopic (exact) mass is 421 g/mol. The zero-order valence-electron chi connectivity index (χ0n) is 15.3. The van der Waals surface area contributed by atoms with Crippen LogP contribution in [-0.2, 0) is 4.79 Å². The number of aromatic carboxylic acids is 1. The van der Waals surface area contributed by atoms with Crippen LogP contribution >= 0.6 is 24.0 Å². The van der Waals surface area contributed by atoms with E-state index in [0.717, 1.165) is 16.8 Å². The lowest BCUT2D eigenvalue weighted by molar-refractivity contribution is -0.113. The van der Waals surface area contributed by atoms with E-state index in [1.165, 1.54) is 28.8 Å². The predicted octanol–water partition coefficient (Wildman–Crippen LogP) is 5.36. The van der Waals surface area contributed by atoms with Crippen LogP contribution in [0.3, 0.4) is 0 Å². The Labute approximate surface area is 176 Å². The van der Waals surface area contributed by atoms with Gasteiger partial charge in [0.1, 0.15) is 11.5 Å². The SMILES string of the molecule is Cc1ccccc1N1C(=O)C(=Cc2ccc(-c3ccc(C(=O)O)cc3)o2)SC1=S. The lowest BCUT2D eigenvalue weighted by Gasteiger charge is -2.16. The van der Waals surface area contributed by atoms with Crippen molar-refractivity contribution in [2.75, 3.05) is 4.90 Å². The third-order valence-corrected chi connectivity index (χ3v) is 5.77. The van der Waals surface area contributed by atoms with Gasteiger partial charge in [0.05, 0.1) is 16.2 Å². The molecule has 1 aromatic heterocycles. The second-order valence-electron chi connectivity index (χ2n) is 6.39. The normalized spacial score (nSPS) is 15.3. The van der Waals surface area contributed by atoms with Crippen molar-refractivity contribution in [3.63, 3.8) is 0 Å². The number of anilines is 1. The minimum absolute atomic E-state index is 0.182. The Morgan fingerprint density at radius 2 is 1.83 bits per heavy atom. The lowest BCUT2D eigenvalue weighted by Crippen LogP contribution is -2.28. The Morgan fingerprint density at radius 3 is 2.52 bits per heavy atom. The van der Waals surface area contributed by atoms with Gasteiger partial charge in [0, 0.05) is 11.6 Å². The highest BCUT2D eigenvalue weighted by Crippen LogP contribution is 2.37. The molecule has 3 aromatic rings. The number of benzene rings is 2. The topological polar surface area (TPSA) is 70.8 Å². The number of thioether (sulfide) groups is 1. The van der Waals surface area contributed by atoms with Crippen molar-refractivity contribution in [3.8, 4) is 11.3 Å². The summed E-state index contributed by atoms with van der Waals surface area (Å²) in [6.45, 7) is 1.94. The molecule has 2 aromatic carbocycles. The summed E-state index contributed by atoms with van der Waals surface area (Å²) in [4.78, 5) is 25.9.